The molecule has 0 aromatic rings. The zero-order valence-corrected chi connectivity index (χ0v) is 10.8. The summed E-state index contributed by atoms with van der Waals surface area (Å²) in [5.74, 6) is -1.03. The SMILES string of the molecule is CCN(CC)CCOC1CNCC(C(=O)O)C1. The number of hydrogen-bond donors (Lipinski definition) is 2. The summed E-state index contributed by atoms with van der Waals surface area (Å²) >= 11 is 0. The summed E-state index contributed by atoms with van der Waals surface area (Å²) in [6, 6.07) is 0. The first kappa shape index (κ1) is 14.4. The van der Waals surface area contributed by atoms with Crippen molar-refractivity contribution in [3.63, 3.8) is 0 Å². The van der Waals surface area contributed by atoms with Crippen molar-refractivity contribution in [3.8, 4) is 0 Å². The molecule has 2 N–H and O–H groups in total. The molecule has 0 radical (unpaired) electrons. The van der Waals surface area contributed by atoms with Crippen molar-refractivity contribution in [2.45, 2.75) is 26.4 Å². The van der Waals surface area contributed by atoms with Crippen molar-refractivity contribution in [2.24, 2.45) is 5.92 Å². The summed E-state index contributed by atoms with van der Waals surface area (Å²) in [6.45, 7) is 9.24. The van der Waals surface area contributed by atoms with Crippen molar-refractivity contribution in [3.05, 3.63) is 0 Å². The summed E-state index contributed by atoms with van der Waals surface area (Å²) < 4.78 is 5.73. The molecular formula is C12H24N2O3. The zero-order chi connectivity index (χ0) is 12.7. The fourth-order valence-corrected chi connectivity index (χ4v) is 2.11. The van der Waals surface area contributed by atoms with E-state index in [1.807, 2.05) is 0 Å². The molecule has 1 fully saturated rings. The molecule has 5 heteroatoms. The smallest absolute Gasteiger partial charge is 0.307 e. The third-order valence-corrected chi connectivity index (χ3v) is 3.31. The van der Waals surface area contributed by atoms with E-state index >= 15 is 0 Å². The van der Waals surface area contributed by atoms with Crippen LogP contribution in [0.3, 0.4) is 0 Å². The van der Waals surface area contributed by atoms with Gasteiger partial charge in [-0.1, -0.05) is 13.8 Å². The first-order valence-electron chi connectivity index (χ1n) is 6.44. The van der Waals surface area contributed by atoms with Gasteiger partial charge in [0.2, 0.25) is 0 Å². The molecule has 0 aromatic heterocycles. The van der Waals surface area contributed by atoms with Gasteiger partial charge in [0.25, 0.3) is 0 Å². The highest BCUT2D eigenvalue weighted by atomic mass is 16.5. The molecule has 1 aliphatic rings. The number of nitrogens with one attached hydrogen (secondary N) is 1. The molecule has 0 spiro atoms. The van der Waals surface area contributed by atoms with Gasteiger partial charge in [-0.25, -0.2) is 0 Å². The summed E-state index contributed by atoms with van der Waals surface area (Å²) in [5.41, 5.74) is 0. The Kier molecular flexibility index (Phi) is 6.47. The van der Waals surface area contributed by atoms with Crippen LogP contribution in [0.15, 0.2) is 0 Å². The predicted octanol–water partition coefficient (Wildman–Crippen LogP) is 0.408. The van der Waals surface area contributed by atoms with Gasteiger partial charge in [0.15, 0.2) is 0 Å². The van der Waals surface area contributed by atoms with Crippen LogP contribution in [0.25, 0.3) is 0 Å². The number of ether oxygens (including phenoxy) is 1. The number of nitrogens with zero attached hydrogens (tertiary/aromatic N) is 1. The summed E-state index contributed by atoms with van der Waals surface area (Å²) in [6.07, 6.45) is 0.668. The number of rotatable bonds is 7. The molecule has 100 valence electrons. The lowest BCUT2D eigenvalue weighted by atomic mass is 9.98. The number of carboxylic acids is 1. The number of hydrogen-bond acceptors (Lipinski definition) is 4. The molecule has 1 saturated heterocycles. The Morgan fingerprint density at radius 2 is 2.12 bits per heavy atom. The topological polar surface area (TPSA) is 61.8 Å². The van der Waals surface area contributed by atoms with E-state index in [1.54, 1.807) is 0 Å². The lowest BCUT2D eigenvalue weighted by Gasteiger charge is -2.28. The standard InChI is InChI=1S/C12H24N2O3/c1-3-14(4-2)5-6-17-11-7-10(12(15)16)8-13-9-11/h10-11,13H,3-9H2,1-2H3,(H,15,16). The molecule has 1 aliphatic heterocycles. The lowest BCUT2D eigenvalue weighted by Crippen LogP contribution is -2.44. The molecule has 5 nitrogen and oxygen atoms in total. The molecule has 0 aromatic carbocycles. The fraction of sp³-hybridized carbons (Fsp3) is 0.917. The number of carbonyl (C=O) groups is 1. The van der Waals surface area contributed by atoms with Crippen LogP contribution in [0.4, 0.5) is 0 Å². The van der Waals surface area contributed by atoms with Crippen LogP contribution < -0.4 is 5.32 Å². The van der Waals surface area contributed by atoms with Crippen LogP contribution >= 0.6 is 0 Å². The molecule has 0 bridgehead atoms. The highest BCUT2D eigenvalue weighted by molar-refractivity contribution is 5.70. The third-order valence-electron chi connectivity index (χ3n) is 3.31. The Morgan fingerprint density at radius 1 is 1.41 bits per heavy atom. The van der Waals surface area contributed by atoms with E-state index in [0.717, 1.165) is 26.2 Å². The van der Waals surface area contributed by atoms with Gasteiger partial charge in [-0.3, -0.25) is 4.79 Å². The van der Waals surface area contributed by atoms with Gasteiger partial charge in [-0.15, -0.1) is 0 Å². The molecule has 2 unspecified atom stereocenters. The summed E-state index contributed by atoms with van der Waals surface area (Å²) in [7, 11) is 0. The van der Waals surface area contributed by atoms with Crippen LogP contribution in [-0.4, -0.2) is 61.4 Å². The molecule has 2 atom stereocenters. The van der Waals surface area contributed by atoms with Gasteiger partial charge in [-0.05, 0) is 19.5 Å². The Balaban J connectivity index is 2.20. The second-order valence-electron chi connectivity index (χ2n) is 4.45. The zero-order valence-electron chi connectivity index (χ0n) is 10.8. The number of piperidine rings is 1. The predicted molar refractivity (Wildman–Crippen MR) is 66.1 cm³/mol. The van der Waals surface area contributed by atoms with Gasteiger partial charge in [0.05, 0.1) is 18.6 Å². The van der Waals surface area contributed by atoms with Crippen LogP contribution in [0.2, 0.25) is 0 Å². The monoisotopic (exact) mass is 244 g/mol. The minimum absolute atomic E-state index is 0.0420. The molecule has 1 heterocycles. The normalized spacial score (nSPS) is 25.1. The van der Waals surface area contributed by atoms with Crippen molar-refractivity contribution in [1.82, 2.24) is 10.2 Å². The Labute approximate surface area is 103 Å². The van der Waals surface area contributed by atoms with Crippen LogP contribution in [0.5, 0.6) is 0 Å². The molecule has 0 aliphatic carbocycles. The van der Waals surface area contributed by atoms with Gasteiger partial charge in [-0.2, -0.15) is 0 Å². The van der Waals surface area contributed by atoms with Crippen molar-refractivity contribution in [1.29, 1.82) is 0 Å². The molecule has 0 amide bonds. The molecular weight excluding hydrogens is 220 g/mol. The maximum Gasteiger partial charge on any atom is 0.307 e. The third kappa shape index (κ3) is 5.02. The van der Waals surface area contributed by atoms with Gasteiger partial charge in [0.1, 0.15) is 0 Å². The second kappa shape index (κ2) is 7.63. The molecule has 0 saturated carbocycles. The maximum absolute atomic E-state index is 10.9. The van der Waals surface area contributed by atoms with E-state index in [2.05, 4.69) is 24.1 Å². The fourth-order valence-electron chi connectivity index (χ4n) is 2.11. The van der Waals surface area contributed by atoms with Gasteiger partial charge < -0.3 is 20.1 Å². The van der Waals surface area contributed by atoms with Crippen LogP contribution in [-0.2, 0) is 9.53 Å². The van der Waals surface area contributed by atoms with E-state index in [4.69, 9.17) is 9.84 Å². The molecule has 17 heavy (non-hydrogen) atoms. The van der Waals surface area contributed by atoms with Crippen LogP contribution in [0.1, 0.15) is 20.3 Å². The van der Waals surface area contributed by atoms with E-state index in [0.29, 0.717) is 19.6 Å². The number of likely N-dealkylation sites (N-methyl/N-ethyl adjacent to an activating group) is 1. The Bertz CT molecular complexity index is 232. The van der Waals surface area contributed by atoms with Gasteiger partial charge >= 0.3 is 5.97 Å². The highest BCUT2D eigenvalue weighted by Crippen LogP contribution is 2.13. The maximum atomic E-state index is 10.9. The minimum Gasteiger partial charge on any atom is -0.481 e. The van der Waals surface area contributed by atoms with Crippen molar-refractivity contribution < 1.29 is 14.6 Å². The Hall–Kier alpha value is -0.650. The van der Waals surface area contributed by atoms with E-state index in [-0.39, 0.29) is 12.0 Å². The van der Waals surface area contributed by atoms with Crippen LogP contribution in [0, 0.1) is 5.92 Å². The van der Waals surface area contributed by atoms with Crippen molar-refractivity contribution >= 4 is 5.97 Å². The van der Waals surface area contributed by atoms with Gasteiger partial charge in [0, 0.05) is 19.6 Å². The first-order valence-corrected chi connectivity index (χ1v) is 6.44. The average Bonchev–Trinajstić information content (AvgIpc) is 2.35. The highest BCUT2D eigenvalue weighted by Gasteiger charge is 2.27. The molecule has 1 rings (SSSR count). The number of aliphatic carboxylic acids is 1. The second-order valence-corrected chi connectivity index (χ2v) is 4.45. The largest absolute Gasteiger partial charge is 0.481 e. The first-order chi connectivity index (χ1) is 8.17. The summed E-state index contributed by atoms with van der Waals surface area (Å²) in [4.78, 5) is 13.2. The minimum atomic E-state index is -0.727. The van der Waals surface area contributed by atoms with E-state index in [1.165, 1.54) is 0 Å². The Morgan fingerprint density at radius 3 is 2.71 bits per heavy atom. The quantitative estimate of drug-likeness (QED) is 0.679. The van der Waals surface area contributed by atoms with E-state index in [9.17, 15) is 4.79 Å². The number of carboxylic acid groups (broad SMARTS) is 1. The van der Waals surface area contributed by atoms with E-state index < -0.39 is 5.97 Å². The summed E-state index contributed by atoms with van der Waals surface area (Å²) in [5, 5.41) is 12.1. The lowest BCUT2D eigenvalue weighted by molar-refractivity contribution is -0.144. The average molecular weight is 244 g/mol. The van der Waals surface area contributed by atoms with Crippen molar-refractivity contribution in [2.75, 3.05) is 39.3 Å².